The highest BCUT2D eigenvalue weighted by molar-refractivity contribution is 5.76. The van der Waals surface area contributed by atoms with Crippen LogP contribution in [0, 0.1) is 0 Å². The Morgan fingerprint density at radius 3 is 1.20 bits per heavy atom. The average Bonchev–Trinajstić information content (AvgIpc) is 3.06. The van der Waals surface area contributed by atoms with Gasteiger partial charge in [-0.15, -0.1) is 0 Å². The monoisotopic (exact) mass is 650 g/mol. The molecular weight excluding hydrogens is 566 g/mol. The first-order valence-corrected chi connectivity index (χ1v) is 20.9. The molecule has 0 heterocycles. The van der Waals surface area contributed by atoms with E-state index in [-0.39, 0.29) is 12.5 Å². The third-order valence-corrected chi connectivity index (χ3v) is 9.78. The Labute approximate surface area is 288 Å². The van der Waals surface area contributed by atoms with Gasteiger partial charge in [-0.25, -0.2) is 0 Å². The van der Waals surface area contributed by atoms with Gasteiger partial charge in [0.25, 0.3) is 0 Å². The number of nitrogens with one attached hydrogen (secondary N) is 1. The van der Waals surface area contributed by atoms with Crippen molar-refractivity contribution in [1.29, 1.82) is 0 Å². The summed E-state index contributed by atoms with van der Waals surface area (Å²) in [5, 5.41) is 23.1. The molecule has 0 aromatic carbocycles. The lowest BCUT2D eigenvalue weighted by molar-refractivity contribution is -0.123. The number of allylic oxidation sites excluding steroid dienone is 2. The van der Waals surface area contributed by atoms with Gasteiger partial charge in [-0.3, -0.25) is 4.79 Å². The van der Waals surface area contributed by atoms with E-state index < -0.39 is 12.1 Å². The van der Waals surface area contributed by atoms with Crippen LogP contribution in [0.15, 0.2) is 12.2 Å². The van der Waals surface area contributed by atoms with Crippen molar-refractivity contribution in [3.8, 4) is 0 Å². The number of unbranched alkanes of at least 4 members (excludes halogenated alkanes) is 29. The molecule has 2 atom stereocenters. The second-order valence-electron chi connectivity index (χ2n) is 14.4. The number of aliphatic hydroxyl groups excluding tert-OH is 2. The van der Waals surface area contributed by atoms with Crippen molar-refractivity contribution >= 4 is 5.91 Å². The van der Waals surface area contributed by atoms with E-state index >= 15 is 0 Å². The summed E-state index contributed by atoms with van der Waals surface area (Å²) in [6, 6.07) is -0.532. The molecule has 46 heavy (non-hydrogen) atoms. The second-order valence-corrected chi connectivity index (χ2v) is 14.4. The van der Waals surface area contributed by atoms with Gasteiger partial charge in [-0.1, -0.05) is 199 Å². The number of rotatable bonds is 38. The molecule has 4 heteroatoms. The molecule has 0 saturated carbocycles. The predicted octanol–water partition coefficient (Wildman–Crippen LogP) is 12.7. The third-order valence-electron chi connectivity index (χ3n) is 9.78. The number of hydrogen-bond donors (Lipinski definition) is 3. The van der Waals surface area contributed by atoms with Crippen LogP contribution in [0.25, 0.3) is 0 Å². The van der Waals surface area contributed by atoms with Gasteiger partial charge in [0.05, 0.1) is 18.8 Å². The first kappa shape index (κ1) is 45.1. The van der Waals surface area contributed by atoms with Crippen LogP contribution in [0.2, 0.25) is 0 Å². The van der Waals surface area contributed by atoms with Gasteiger partial charge in [0.1, 0.15) is 0 Å². The molecule has 0 saturated heterocycles. The largest absolute Gasteiger partial charge is 0.394 e. The van der Waals surface area contributed by atoms with Crippen LogP contribution < -0.4 is 5.32 Å². The molecular formula is C42H83NO3. The van der Waals surface area contributed by atoms with Crippen molar-refractivity contribution < 1.29 is 15.0 Å². The lowest BCUT2D eigenvalue weighted by atomic mass is 10.0. The molecule has 274 valence electrons. The predicted molar refractivity (Wildman–Crippen MR) is 202 cm³/mol. The maximum atomic E-state index is 12.4. The van der Waals surface area contributed by atoms with Gasteiger partial charge in [0, 0.05) is 6.42 Å². The summed E-state index contributed by atoms with van der Waals surface area (Å²) in [6.07, 6.45) is 47.1. The first-order chi connectivity index (χ1) is 22.7. The normalized spacial score (nSPS) is 13.0. The number of amides is 1. The lowest BCUT2D eigenvalue weighted by Gasteiger charge is -2.22. The molecule has 1 amide bonds. The molecule has 0 rings (SSSR count). The summed E-state index contributed by atoms with van der Waals surface area (Å²) < 4.78 is 0. The Bertz CT molecular complexity index is 622. The highest BCUT2D eigenvalue weighted by Crippen LogP contribution is 2.15. The maximum Gasteiger partial charge on any atom is 0.220 e. The molecule has 0 aliphatic rings. The Hall–Kier alpha value is -0.870. The van der Waals surface area contributed by atoms with Crippen LogP contribution in [-0.2, 0) is 4.79 Å². The zero-order valence-electron chi connectivity index (χ0n) is 31.4. The topological polar surface area (TPSA) is 69.6 Å². The lowest BCUT2D eigenvalue weighted by Crippen LogP contribution is -2.45. The second kappa shape index (κ2) is 38.6. The highest BCUT2D eigenvalue weighted by Gasteiger charge is 2.19. The van der Waals surface area contributed by atoms with Gasteiger partial charge in [-0.05, 0) is 38.5 Å². The number of hydrogen-bond acceptors (Lipinski definition) is 3. The first-order valence-electron chi connectivity index (χ1n) is 20.9. The van der Waals surface area contributed by atoms with Gasteiger partial charge < -0.3 is 15.5 Å². The van der Waals surface area contributed by atoms with E-state index in [9.17, 15) is 15.0 Å². The summed E-state index contributed by atoms with van der Waals surface area (Å²) in [5.74, 6) is -0.0321. The minimum Gasteiger partial charge on any atom is -0.394 e. The molecule has 0 aromatic heterocycles. The Balaban J connectivity index is 3.50. The number of aliphatic hydroxyl groups is 2. The average molecular weight is 650 g/mol. The van der Waals surface area contributed by atoms with Crippen LogP contribution in [0.5, 0.6) is 0 Å². The minimum absolute atomic E-state index is 0.0321. The SMILES string of the molecule is CCCCCCCCCC/C=C\CCCCCCCCCCCC(=O)NC(CO)C(O)CCCCCCCCCCCCCCC. The summed E-state index contributed by atoms with van der Waals surface area (Å²) in [5.41, 5.74) is 0. The molecule has 0 bridgehead atoms. The molecule has 0 fully saturated rings. The van der Waals surface area contributed by atoms with Crippen molar-refractivity contribution in [2.45, 2.75) is 244 Å². The zero-order valence-corrected chi connectivity index (χ0v) is 31.4. The fourth-order valence-corrected chi connectivity index (χ4v) is 6.53. The highest BCUT2D eigenvalue weighted by atomic mass is 16.3. The Morgan fingerprint density at radius 1 is 0.500 bits per heavy atom. The van der Waals surface area contributed by atoms with Gasteiger partial charge in [0.2, 0.25) is 5.91 Å². The molecule has 3 N–H and O–H groups in total. The van der Waals surface area contributed by atoms with Crippen molar-refractivity contribution in [2.75, 3.05) is 6.61 Å². The number of carbonyl (C=O) groups excluding carboxylic acids is 1. The van der Waals surface area contributed by atoms with Crippen LogP contribution in [0.1, 0.15) is 232 Å². The smallest absolute Gasteiger partial charge is 0.220 e. The fourth-order valence-electron chi connectivity index (χ4n) is 6.53. The molecule has 0 aliphatic heterocycles. The van der Waals surface area contributed by atoms with Crippen molar-refractivity contribution in [1.82, 2.24) is 5.32 Å². The maximum absolute atomic E-state index is 12.4. The quantitative estimate of drug-likeness (QED) is 0.0460. The van der Waals surface area contributed by atoms with Crippen LogP contribution in [-0.4, -0.2) is 34.9 Å². The summed E-state index contributed by atoms with van der Waals surface area (Å²) in [4.78, 5) is 12.4. The van der Waals surface area contributed by atoms with E-state index in [0.29, 0.717) is 12.8 Å². The fraction of sp³-hybridized carbons (Fsp3) is 0.929. The Morgan fingerprint density at radius 2 is 0.826 bits per heavy atom. The summed E-state index contributed by atoms with van der Waals surface area (Å²) in [6.45, 7) is 4.36. The minimum atomic E-state index is -0.655. The Kier molecular flexibility index (Phi) is 37.8. The van der Waals surface area contributed by atoms with E-state index in [0.717, 1.165) is 25.7 Å². The van der Waals surface area contributed by atoms with Crippen LogP contribution in [0.3, 0.4) is 0 Å². The van der Waals surface area contributed by atoms with Gasteiger partial charge >= 0.3 is 0 Å². The van der Waals surface area contributed by atoms with Gasteiger partial charge in [-0.2, -0.15) is 0 Å². The molecule has 0 aliphatic carbocycles. The van der Waals surface area contributed by atoms with Crippen molar-refractivity contribution in [3.05, 3.63) is 12.2 Å². The van der Waals surface area contributed by atoms with E-state index in [2.05, 4.69) is 31.3 Å². The summed E-state index contributed by atoms with van der Waals surface area (Å²) >= 11 is 0. The molecule has 2 unspecified atom stereocenters. The number of carbonyl (C=O) groups is 1. The molecule has 0 spiro atoms. The standard InChI is InChI=1S/C42H83NO3/c1-3-5-7-9-11-13-15-17-18-19-20-21-22-23-24-26-28-30-32-34-36-38-42(46)43-40(39-44)41(45)37-35-33-31-29-27-25-16-14-12-10-8-6-4-2/h19-20,40-41,44-45H,3-18,21-39H2,1-2H3,(H,43,46)/b20-19-. The van der Waals surface area contributed by atoms with E-state index in [4.69, 9.17) is 0 Å². The molecule has 0 radical (unpaired) electrons. The summed E-state index contributed by atoms with van der Waals surface area (Å²) in [7, 11) is 0. The van der Waals surface area contributed by atoms with E-state index in [1.807, 2.05) is 0 Å². The van der Waals surface area contributed by atoms with E-state index in [1.54, 1.807) is 0 Å². The van der Waals surface area contributed by atoms with Crippen LogP contribution in [0.4, 0.5) is 0 Å². The van der Waals surface area contributed by atoms with E-state index in [1.165, 1.54) is 180 Å². The third kappa shape index (κ3) is 34.5. The molecule has 0 aromatic rings. The van der Waals surface area contributed by atoms with Crippen molar-refractivity contribution in [3.63, 3.8) is 0 Å². The van der Waals surface area contributed by atoms with Crippen LogP contribution >= 0.6 is 0 Å². The molecule has 4 nitrogen and oxygen atoms in total. The van der Waals surface area contributed by atoms with Crippen molar-refractivity contribution in [2.24, 2.45) is 0 Å². The zero-order chi connectivity index (χ0) is 33.6. The van der Waals surface area contributed by atoms with Gasteiger partial charge in [0.15, 0.2) is 0 Å².